The molecule has 1 spiro atoms. The molecule has 2 rings (SSSR count). The highest BCUT2D eigenvalue weighted by atomic mass is 16.1. The highest BCUT2D eigenvalue weighted by Gasteiger charge is 2.70. The first kappa shape index (κ1) is 17.0. The first-order chi connectivity index (χ1) is 9.42. The molecule has 0 radical (unpaired) electrons. The van der Waals surface area contributed by atoms with E-state index < -0.39 is 0 Å². The van der Waals surface area contributed by atoms with Crippen LogP contribution in [0.4, 0.5) is 0 Å². The standard InChI is InChI=1S/C19H35NO/c1-9-18(10-2)12-19(18)11-14(15(21)16(3,4)5)20(13-19)17(6,7)8/h14H,9-13H2,1-8H3/t14-,19-/m0/s1. The quantitative estimate of drug-likeness (QED) is 0.753. The lowest BCUT2D eigenvalue weighted by atomic mass is 9.81. The van der Waals surface area contributed by atoms with Crippen molar-refractivity contribution < 1.29 is 4.79 Å². The van der Waals surface area contributed by atoms with E-state index in [9.17, 15) is 4.79 Å². The molecule has 122 valence electrons. The highest BCUT2D eigenvalue weighted by Crippen LogP contribution is 2.73. The third-order valence-corrected chi connectivity index (χ3v) is 6.37. The van der Waals surface area contributed by atoms with Crippen molar-refractivity contribution in [2.24, 2.45) is 16.2 Å². The summed E-state index contributed by atoms with van der Waals surface area (Å²) in [5.74, 6) is 0.433. The zero-order chi connectivity index (χ0) is 16.3. The number of likely N-dealkylation sites (tertiary alicyclic amines) is 1. The van der Waals surface area contributed by atoms with Gasteiger partial charge < -0.3 is 0 Å². The van der Waals surface area contributed by atoms with Crippen molar-refractivity contribution in [1.82, 2.24) is 4.90 Å². The van der Waals surface area contributed by atoms with Crippen LogP contribution >= 0.6 is 0 Å². The Bertz CT molecular complexity index is 422. The third kappa shape index (κ3) is 2.58. The second-order valence-electron chi connectivity index (χ2n) is 9.58. The van der Waals surface area contributed by atoms with Crippen LogP contribution < -0.4 is 0 Å². The molecule has 2 aliphatic rings. The van der Waals surface area contributed by atoms with E-state index in [1.165, 1.54) is 19.3 Å². The van der Waals surface area contributed by atoms with Gasteiger partial charge in [-0.15, -0.1) is 0 Å². The summed E-state index contributed by atoms with van der Waals surface area (Å²) in [5.41, 5.74) is 0.749. The van der Waals surface area contributed by atoms with Crippen LogP contribution in [-0.2, 0) is 4.79 Å². The molecule has 21 heavy (non-hydrogen) atoms. The Hall–Kier alpha value is -0.370. The van der Waals surface area contributed by atoms with E-state index in [1.54, 1.807) is 0 Å². The Morgan fingerprint density at radius 1 is 1.10 bits per heavy atom. The molecule has 0 aromatic rings. The second kappa shape index (κ2) is 4.81. The van der Waals surface area contributed by atoms with Gasteiger partial charge in [0.25, 0.3) is 0 Å². The topological polar surface area (TPSA) is 20.3 Å². The van der Waals surface area contributed by atoms with Crippen molar-refractivity contribution in [3.63, 3.8) is 0 Å². The number of ketones is 1. The number of Topliss-reactive ketones (excluding diaryl/α,β-unsaturated/α-hetero) is 1. The van der Waals surface area contributed by atoms with E-state index in [1.807, 2.05) is 0 Å². The number of carbonyl (C=O) groups excluding carboxylic acids is 1. The Balaban J connectivity index is 2.31. The van der Waals surface area contributed by atoms with Crippen molar-refractivity contribution in [3.05, 3.63) is 0 Å². The average molecular weight is 293 g/mol. The monoisotopic (exact) mass is 293 g/mol. The number of rotatable bonds is 3. The van der Waals surface area contributed by atoms with Crippen LogP contribution in [0, 0.1) is 16.2 Å². The summed E-state index contributed by atoms with van der Waals surface area (Å²) in [4.78, 5) is 15.5. The summed E-state index contributed by atoms with van der Waals surface area (Å²) in [6.45, 7) is 18.8. The van der Waals surface area contributed by atoms with Gasteiger partial charge in [0.2, 0.25) is 0 Å². The van der Waals surface area contributed by atoms with Crippen LogP contribution in [0.25, 0.3) is 0 Å². The van der Waals surface area contributed by atoms with Crippen molar-refractivity contribution in [3.8, 4) is 0 Å². The minimum atomic E-state index is -0.240. The fraction of sp³-hybridized carbons (Fsp3) is 0.947. The van der Waals surface area contributed by atoms with Gasteiger partial charge in [-0.05, 0) is 57.3 Å². The molecule has 1 heterocycles. The predicted octanol–water partition coefficient (Wildman–Crippen LogP) is 4.67. The minimum Gasteiger partial charge on any atom is -0.297 e. The van der Waals surface area contributed by atoms with Gasteiger partial charge in [0.05, 0.1) is 6.04 Å². The van der Waals surface area contributed by atoms with Gasteiger partial charge in [0, 0.05) is 17.5 Å². The number of nitrogens with zero attached hydrogens (tertiary/aromatic N) is 1. The molecule has 2 atom stereocenters. The van der Waals surface area contributed by atoms with Gasteiger partial charge in [0.15, 0.2) is 5.78 Å². The number of carbonyl (C=O) groups is 1. The van der Waals surface area contributed by atoms with Gasteiger partial charge in [0.1, 0.15) is 0 Å². The summed E-state index contributed by atoms with van der Waals surface area (Å²) in [6.07, 6.45) is 4.94. The third-order valence-electron chi connectivity index (χ3n) is 6.37. The molecule has 0 aromatic carbocycles. The first-order valence-electron chi connectivity index (χ1n) is 8.73. The Morgan fingerprint density at radius 3 is 1.95 bits per heavy atom. The van der Waals surface area contributed by atoms with E-state index in [0.29, 0.717) is 16.6 Å². The molecule has 2 fully saturated rings. The zero-order valence-corrected chi connectivity index (χ0v) is 15.5. The molecule has 0 bridgehead atoms. The molecule has 1 aliphatic carbocycles. The van der Waals surface area contributed by atoms with Gasteiger partial charge in [-0.3, -0.25) is 9.69 Å². The predicted molar refractivity (Wildman–Crippen MR) is 89.4 cm³/mol. The Morgan fingerprint density at radius 2 is 1.62 bits per heavy atom. The molecule has 2 heteroatoms. The largest absolute Gasteiger partial charge is 0.297 e. The molecule has 0 N–H and O–H groups in total. The van der Waals surface area contributed by atoms with E-state index >= 15 is 0 Å². The summed E-state index contributed by atoms with van der Waals surface area (Å²) >= 11 is 0. The first-order valence-corrected chi connectivity index (χ1v) is 8.73. The smallest absolute Gasteiger partial charge is 0.155 e. The van der Waals surface area contributed by atoms with Crippen LogP contribution in [0.2, 0.25) is 0 Å². The maximum atomic E-state index is 13.0. The maximum absolute atomic E-state index is 13.0. The van der Waals surface area contributed by atoms with Crippen LogP contribution in [0.15, 0.2) is 0 Å². The molecular weight excluding hydrogens is 258 g/mol. The highest BCUT2D eigenvalue weighted by molar-refractivity contribution is 5.89. The normalized spacial score (nSPS) is 32.7. The summed E-state index contributed by atoms with van der Waals surface area (Å²) in [6, 6.07) is 0.116. The Kier molecular flexibility index (Phi) is 3.89. The molecule has 1 saturated carbocycles. The van der Waals surface area contributed by atoms with Crippen LogP contribution in [0.3, 0.4) is 0 Å². The molecular formula is C19H35NO. The van der Waals surface area contributed by atoms with E-state index in [2.05, 4.69) is 60.3 Å². The molecule has 1 aliphatic heterocycles. The fourth-order valence-electron chi connectivity index (χ4n) is 4.79. The van der Waals surface area contributed by atoms with Crippen molar-refractivity contribution in [2.75, 3.05) is 6.54 Å². The lowest BCUT2D eigenvalue weighted by Crippen LogP contribution is -2.50. The fourth-order valence-corrected chi connectivity index (χ4v) is 4.79. The van der Waals surface area contributed by atoms with Gasteiger partial charge >= 0.3 is 0 Å². The Labute approximate surface area is 131 Å². The second-order valence-corrected chi connectivity index (χ2v) is 9.58. The minimum absolute atomic E-state index is 0.0743. The van der Waals surface area contributed by atoms with Crippen LogP contribution in [0.1, 0.15) is 81.1 Å². The van der Waals surface area contributed by atoms with Crippen LogP contribution in [-0.4, -0.2) is 28.8 Å². The lowest BCUT2D eigenvalue weighted by Gasteiger charge is -2.38. The van der Waals surface area contributed by atoms with E-state index in [4.69, 9.17) is 0 Å². The molecule has 0 unspecified atom stereocenters. The van der Waals surface area contributed by atoms with Gasteiger partial charge in [-0.2, -0.15) is 0 Å². The maximum Gasteiger partial charge on any atom is 0.155 e. The van der Waals surface area contributed by atoms with E-state index in [0.717, 1.165) is 13.0 Å². The molecule has 0 aromatic heterocycles. The number of hydrogen-bond acceptors (Lipinski definition) is 2. The SMILES string of the molecule is CCC1(CC)C[C@]12C[C@@H](C(=O)C(C)(C)C)N(C(C)(C)C)C2. The van der Waals surface area contributed by atoms with Crippen molar-refractivity contribution in [1.29, 1.82) is 0 Å². The summed E-state index contributed by atoms with van der Waals surface area (Å²) in [7, 11) is 0. The number of hydrogen-bond donors (Lipinski definition) is 0. The molecule has 0 amide bonds. The zero-order valence-electron chi connectivity index (χ0n) is 15.5. The molecule has 1 saturated heterocycles. The van der Waals surface area contributed by atoms with Crippen molar-refractivity contribution >= 4 is 5.78 Å². The van der Waals surface area contributed by atoms with Crippen LogP contribution in [0.5, 0.6) is 0 Å². The average Bonchev–Trinajstić information content (AvgIpc) is 2.78. The van der Waals surface area contributed by atoms with Gasteiger partial charge in [-0.1, -0.05) is 34.6 Å². The lowest BCUT2D eigenvalue weighted by molar-refractivity contribution is -0.132. The molecule has 2 nitrogen and oxygen atoms in total. The van der Waals surface area contributed by atoms with E-state index in [-0.39, 0.29) is 17.0 Å². The summed E-state index contributed by atoms with van der Waals surface area (Å²) in [5, 5.41) is 0. The van der Waals surface area contributed by atoms with Crippen molar-refractivity contribution in [2.45, 2.75) is 92.7 Å². The summed E-state index contributed by atoms with van der Waals surface area (Å²) < 4.78 is 0. The van der Waals surface area contributed by atoms with Gasteiger partial charge in [-0.25, -0.2) is 0 Å².